The van der Waals surface area contributed by atoms with E-state index in [1.807, 2.05) is 0 Å². The van der Waals surface area contributed by atoms with Crippen LogP contribution in [0.1, 0.15) is 0 Å². The van der Waals surface area contributed by atoms with Gasteiger partial charge in [0.15, 0.2) is 5.76 Å². The van der Waals surface area contributed by atoms with Gasteiger partial charge >= 0.3 is 0 Å². The number of aromatic nitrogens is 1. The number of phenolic OH excluding ortho intramolecular Hbond substituents is 4. The Morgan fingerprint density at radius 1 is 0.762 bits per heavy atom. The van der Waals surface area contributed by atoms with Gasteiger partial charge in [0, 0.05) is 23.8 Å². The van der Waals surface area contributed by atoms with E-state index in [1.165, 1.54) is 18.2 Å². The van der Waals surface area contributed by atoms with Crippen molar-refractivity contribution in [2.75, 3.05) is 0 Å². The summed E-state index contributed by atoms with van der Waals surface area (Å²) >= 11 is 0. The number of benzene rings is 2. The van der Waals surface area contributed by atoms with Gasteiger partial charge in [0.25, 0.3) is 0 Å². The highest BCUT2D eigenvalue weighted by atomic mass is 16.5. The topological polar surface area (TPSA) is 107 Å². The highest BCUT2D eigenvalue weighted by molar-refractivity contribution is 5.76. The van der Waals surface area contributed by atoms with Crippen LogP contribution in [0, 0.1) is 0 Å². The summed E-state index contributed by atoms with van der Waals surface area (Å²) in [6.45, 7) is 0. The molecule has 106 valence electrons. The predicted molar refractivity (Wildman–Crippen MR) is 74.0 cm³/mol. The lowest BCUT2D eigenvalue weighted by atomic mass is 10.1. The number of aromatic hydroxyl groups is 4. The Balaban J connectivity index is 2.05. The van der Waals surface area contributed by atoms with Crippen molar-refractivity contribution in [2.24, 2.45) is 0 Å². The molecule has 0 aliphatic heterocycles. The first-order chi connectivity index (χ1) is 10.0. The summed E-state index contributed by atoms with van der Waals surface area (Å²) in [5.74, 6) is -0.599. The second-order valence-corrected chi connectivity index (χ2v) is 4.48. The Kier molecular flexibility index (Phi) is 2.91. The number of phenols is 4. The third-order valence-corrected chi connectivity index (χ3v) is 3.00. The molecule has 21 heavy (non-hydrogen) atoms. The lowest BCUT2D eigenvalue weighted by Gasteiger charge is -2.04. The Labute approximate surface area is 119 Å². The fraction of sp³-hybridized carbons (Fsp3) is 0. The number of nitrogens with zero attached hydrogens (tertiary/aromatic N) is 1. The molecule has 0 atom stereocenters. The lowest BCUT2D eigenvalue weighted by Crippen LogP contribution is -1.78. The van der Waals surface area contributed by atoms with E-state index < -0.39 is 0 Å². The molecule has 4 N–H and O–H groups in total. The zero-order valence-corrected chi connectivity index (χ0v) is 10.7. The van der Waals surface area contributed by atoms with E-state index in [2.05, 4.69) is 5.16 Å². The minimum absolute atomic E-state index is 0.0466. The minimum Gasteiger partial charge on any atom is -0.508 e. The largest absolute Gasteiger partial charge is 0.508 e. The zero-order chi connectivity index (χ0) is 15.0. The van der Waals surface area contributed by atoms with Crippen molar-refractivity contribution in [2.45, 2.75) is 0 Å². The van der Waals surface area contributed by atoms with Crippen molar-refractivity contribution >= 4 is 0 Å². The van der Waals surface area contributed by atoms with Gasteiger partial charge in [-0.2, -0.15) is 0 Å². The summed E-state index contributed by atoms with van der Waals surface area (Å²) in [6.07, 6.45) is 0. The molecule has 2 aromatic carbocycles. The lowest BCUT2D eigenvalue weighted by molar-refractivity contribution is 0.411. The first-order valence-corrected chi connectivity index (χ1v) is 6.06. The van der Waals surface area contributed by atoms with Crippen LogP contribution in [0.2, 0.25) is 0 Å². The van der Waals surface area contributed by atoms with E-state index in [-0.39, 0.29) is 34.3 Å². The van der Waals surface area contributed by atoms with Crippen molar-refractivity contribution in [3.63, 3.8) is 0 Å². The molecule has 0 fully saturated rings. The molecule has 6 nitrogen and oxygen atoms in total. The molecule has 3 rings (SSSR count). The maximum atomic E-state index is 9.80. The normalized spacial score (nSPS) is 10.7. The molecule has 0 aliphatic rings. The smallest absolute Gasteiger partial charge is 0.174 e. The van der Waals surface area contributed by atoms with Crippen LogP contribution in [-0.4, -0.2) is 25.6 Å². The van der Waals surface area contributed by atoms with Crippen LogP contribution in [0.4, 0.5) is 0 Å². The van der Waals surface area contributed by atoms with E-state index in [4.69, 9.17) is 4.52 Å². The van der Waals surface area contributed by atoms with Crippen LogP contribution in [0.15, 0.2) is 47.0 Å². The average molecular weight is 285 g/mol. The Hall–Kier alpha value is -3.15. The van der Waals surface area contributed by atoms with Gasteiger partial charge in [-0.1, -0.05) is 5.16 Å². The molecular weight excluding hydrogens is 274 g/mol. The second-order valence-electron chi connectivity index (χ2n) is 4.48. The van der Waals surface area contributed by atoms with Gasteiger partial charge in [-0.15, -0.1) is 0 Å². The molecule has 0 spiro atoms. The minimum atomic E-state index is -0.319. The van der Waals surface area contributed by atoms with E-state index >= 15 is 0 Å². The summed E-state index contributed by atoms with van der Waals surface area (Å²) in [6, 6.07) is 10.1. The fourth-order valence-electron chi connectivity index (χ4n) is 2.01. The molecule has 3 aromatic rings. The zero-order valence-electron chi connectivity index (χ0n) is 10.7. The highest BCUT2D eigenvalue weighted by Gasteiger charge is 2.17. The monoisotopic (exact) mass is 285 g/mol. The number of rotatable bonds is 2. The molecule has 1 heterocycles. The van der Waals surface area contributed by atoms with Crippen molar-refractivity contribution < 1.29 is 24.9 Å². The second kappa shape index (κ2) is 4.75. The van der Waals surface area contributed by atoms with Gasteiger partial charge in [0.1, 0.15) is 34.3 Å². The van der Waals surface area contributed by atoms with Crippen molar-refractivity contribution in [1.82, 2.24) is 5.16 Å². The van der Waals surface area contributed by atoms with Crippen LogP contribution in [0.3, 0.4) is 0 Å². The third-order valence-electron chi connectivity index (χ3n) is 3.00. The van der Waals surface area contributed by atoms with E-state index in [0.29, 0.717) is 11.3 Å². The quantitative estimate of drug-likeness (QED) is 0.576. The van der Waals surface area contributed by atoms with Crippen LogP contribution in [0.25, 0.3) is 22.6 Å². The van der Waals surface area contributed by atoms with Gasteiger partial charge in [-0.05, 0) is 24.3 Å². The Morgan fingerprint density at radius 3 is 2.00 bits per heavy atom. The van der Waals surface area contributed by atoms with Crippen LogP contribution in [-0.2, 0) is 0 Å². The molecule has 1 aromatic heterocycles. The maximum Gasteiger partial charge on any atom is 0.174 e. The molecule has 0 bridgehead atoms. The molecule has 0 saturated carbocycles. The summed E-state index contributed by atoms with van der Waals surface area (Å²) in [5, 5.41) is 42.0. The molecule has 0 saturated heterocycles. The first-order valence-electron chi connectivity index (χ1n) is 6.06. The van der Waals surface area contributed by atoms with Gasteiger partial charge in [0.2, 0.25) is 0 Å². The third kappa shape index (κ3) is 2.34. The average Bonchev–Trinajstić information content (AvgIpc) is 2.87. The van der Waals surface area contributed by atoms with Crippen molar-refractivity contribution in [1.29, 1.82) is 0 Å². The molecule has 0 radical (unpaired) electrons. The van der Waals surface area contributed by atoms with Crippen LogP contribution in [0.5, 0.6) is 23.0 Å². The van der Waals surface area contributed by atoms with Gasteiger partial charge in [-0.25, -0.2) is 0 Å². The predicted octanol–water partition coefficient (Wildman–Crippen LogP) is 2.83. The Morgan fingerprint density at radius 2 is 1.38 bits per heavy atom. The van der Waals surface area contributed by atoms with E-state index in [0.717, 1.165) is 12.1 Å². The van der Waals surface area contributed by atoms with E-state index in [9.17, 15) is 20.4 Å². The summed E-state index contributed by atoms with van der Waals surface area (Å²) in [7, 11) is 0. The van der Waals surface area contributed by atoms with E-state index in [1.54, 1.807) is 12.1 Å². The molecule has 0 aliphatic carbocycles. The van der Waals surface area contributed by atoms with Crippen molar-refractivity contribution in [3.05, 3.63) is 42.5 Å². The molecular formula is C15H11NO5. The van der Waals surface area contributed by atoms with Gasteiger partial charge in [-0.3, -0.25) is 0 Å². The molecule has 0 amide bonds. The standard InChI is InChI=1S/C15H11NO5/c17-9-3-1-8(2-4-9)11-7-14(21-16-11)15-12(19)5-10(18)6-13(15)20/h1-7,17-20H. The molecule has 6 heteroatoms. The first kappa shape index (κ1) is 12.9. The van der Waals surface area contributed by atoms with Crippen molar-refractivity contribution in [3.8, 4) is 45.6 Å². The van der Waals surface area contributed by atoms with Crippen LogP contribution >= 0.6 is 0 Å². The Bertz CT molecular complexity index is 769. The molecule has 0 unspecified atom stereocenters. The maximum absolute atomic E-state index is 9.80. The summed E-state index contributed by atoms with van der Waals surface area (Å²) < 4.78 is 5.12. The summed E-state index contributed by atoms with van der Waals surface area (Å²) in [5.41, 5.74) is 1.24. The van der Waals surface area contributed by atoms with Crippen LogP contribution < -0.4 is 0 Å². The highest BCUT2D eigenvalue weighted by Crippen LogP contribution is 2.41. The van der Waals surface area contributed by atoms with Gasteiger partial charge < -0.3 is 24.9 Å². The van der Waals surface area contributed by atoms with Gasteiger partial charge in [0.05, 0.1) is 0 Å². The number of hydrogen-bond donors (Lipinski definition) is 4. The summed E-state index contributed by atoms with van der Waals surface area (Å²) in [4.78, 5) is 0. The number of hydrogen-bond acceptors (Lipinski definition) is 6. The fourth-order valence-corrected chi connectivity index (χ4v) is 2.01. The SMILES string of the molecule is Oc1ccc(-c2cc(-c3c(O)cc(O)cc3O)on2)cc1.